The monoisotopic (exact) mass is 252 g/mol. The van der Waals surface area contributed by atoms with Crippen molar-refractivity contribution in [3.05, 3.63) is 23.9 Å². The fourth-order valence-electron chi connectivity index (χ4n) is 1.58. The lowest BCUT2D eigenvalue weighted by molar-refractivity contribution is -0.119. The Morgan fingerprint density at radius 2 is 2.41 bits per heavy atom. The number of carboxylic acid groups (broad SMARTS) is 1. The Hall–Kier alpha value is -1.56. The van der Waals surface area contributed by atoms with Gasteiger partial charge in [0.25, 0.3) is 0 Å². The minimum absolute atomic E-state index is 0.102. The summed E-state index contributed by atoms with van der Waals surface area (Å²) in [5.74, 6) is -0.104. The molecule has 0 aliphatic carbocycles. The molecule has 1 fully saturated rings. The van der Waals surface area contributed by atoms with Gasteiger partial charge in [-0.15, -0.1) is 11.8 Å². The van der Waals surface area contributed by atoms with Gasteiger partial charge in [-0.1, -0.05) is 0 Å². The van der Waals surface area contributed by atoms with Gasteiger partial charge in [0, 0.05) is 24.4 Å². The molecule has 0 aromatic carbocycles. The number of aromatic nitrogens is 1. The summed E-state index contributed by atoms with van der Waals surface area (Å²) in [5.41, 5.74) is 0.184. The number of rotatable bonds is 4. The fourth-order valence-corrected chi connectivity index (χ4v) is 2.49. The van der Waals surface area contributed by atoms with Crippen molar-refractivity contribution in [3.63, 3.8) is 0 Å². The van der Waals surface area contributed by atoms with Gasteiger partial charge in [-0.2, -0.15) is 0 Å². The number of carbonyl (C=O) groups is 2. The van der Waals surface area contributed by atoms with E-state index in [-0.39, 0.29) is 17.5 Å². The number of aromatic carboxylic acids is 1. The second kappa shape index (κ2) is 5.18. The molecule has 1 aromatic rings. The molecule has 2 heterocycles. The molecule has 1 atom stereocenters. The molecule has 0 spiro atoms. The Labute approximate surface area is 103 Å². The van der Waals surface area contributed by atoms with Gasteiger partial charge in [0.05, 0.1) is 10.6 Å². The van der Waals surface area contributed by atoms with Gasteiger partial charge in [-0.3, -0.25) is 4.79 Å². The van der Waals surface area contributed by atoms with Crippen LogP contribution in [0.3, 0.4) is 0 Å². The van der Waals surface area contributed by atoms with Crippen molar-refractivity contribution in [2.45, 2.75) is 23.9 Å². The largest absolute Gasteiger partial charge is 0.478 e. The highest BCUT2D eigenvalue weighted by atomic mass is 32.2. The third-order valence-electron chi connectivity index (χ3n) is 2.50. The summed E-state index contributed by atoms with van der Waals surface area (Å²) in [5, 5.41) is 12.4. The SMILES string of the molecule is O=C1CCC(CSc2ccc(C(=O)O)cn2)N1. The zero-order valence-electron chi connectivity index (χ0n) is 9.05. The Kier molecular flexibility index (Phi) is 3.63. The third kappa shape index (κ3) is 3.20. The number of carbonyl (C=O) groups excluding carboxylic acids is 1. The molecule has 0 radical (unpaired) electrons. The highest BCUT2D eigenvalue weighted by Crippen LogP contribution is 2.19. The Morgan fingerprint density at radius 3 is 2.94 bits per heavy atom. The van der Waals surface area contributed by atoms with Crippen molar-refractivity contribution < 1.29 is 14.7 Å². The van der Waals surface area contributed by atoms with E-state index in [0.717, 1.165) is 17.2 Å². The zero-order chi connectivity index (χ0) is 12.3. The van der Waals surface area contributed by atoms with E-state index in [1.54, 1.807) is 6.07 Å². The molecule has 6 heteroatoms. The summed E-state index contributed by atoms with van der Waals surface area (Å²) >= 11 is 1.52. The quantitative estimate of drug-likeness (QED) is 0.786. The first-order chi connectivity index (χ1) is 8.15. The normalized spacial score (nSPS) is 19.1. The molecule has 1 unspecified atom stereocenters. The Morgan fingerprint density at radius 1 is 1.59 bits per heavy atom. The summed E-state index contributed by atoms with van der Waals surface area (Å²) in [6.07, 6.45) is 2.80. The molecule has 2 N–H and O–H groups in total. The van der Waals surface area contributed by atoms with Gasteiger partial charge in [0.1, 0.15) is 0 Å². The van der Waals surface area contributed by atoms with Crippen molar-refractivity contribution in [2.24, 2.45) is 0 Å². The van der Waals surface area contributed by atoms with Gasteiger partial charge in [0.2, 0.25) is 5.91 Å². The Balaban J connectivity index is 1.87. The van der Waals surface area contributed by atoms with Gasteiger partial charge in [-0.05, 0) is 18.6 Å². The molecule has 2 rings (SSSR count). The minimum Gasteiger partial charge on any atom is -0.478 e. The highest BCUT2D eigenvalue weighted by molar-refractivity contribution is 7.99. The average molecular weight is 252 g/mol. The summed E-state index contributed by atoms with van der Waals surface area (Å²) in [4.78, 5) is 25.7. The van der Waals surface area contributed by atoms with Gasteiger partial charge >= 0.3 is 5.97 Å². The van der Waals surface area contributed by atoms with E-state index in [0.29, 0.717) is 6.42 Å². The molecule has 90 valence electrons. The summed E-state index contributed by atoms with van der Waals surface area (Å²) in [6, 6.07) is 3.42. The summed E-state index contributed by atoms with van der Waals surface area (Å²) < 4.78 is 0. The molecule has 17 heavy (non-hydrogen) atoms. The van der Waals surface area contributed by atoms with E-state index in [1.807, 2.05) is 0 Å². The van der Waals surface area contributed by atoms with Crippen molar-refractivity contribution in [3.8, 4) is 0 Å². The van der Waals surface area contributed by atoms with Crippen LogP contribution in [-0.4, -0.2) is 33.8 Å². The lowest BCUT2D eigenvalue weighted by Gasteiger charge is -2.08. The maximum Gasteiger partial charge on any atom is 0.337 e. The van der Waals surface area contributed by atoms with Crippen LogP contribution in [0.1, 0.15) is 23.2 Å². The second-order valence-electron chi connectivity index (χ2n) is 3.80. The van der Waals surface area contributed by atoms with E-state index in [2.05, 4.69) is 10.3 Å². The molecule has 5 nitrogen and oxygen atoms in total. The first kappa shape index (κ1) is 11.9. The van der Waals surface area contributed by atoms with Crippen LogP contribution in [0.5, 0.6) is 0 Å². The minimum atomic E-state index is -0.975. The molecule has 1 aliphatic rings. The summed E-state index contributed by atoms with van der Waals surface area (Å²) in [7, 11) is 0. The van der Waals surface area contributed by atoms with E-state index in [1.165, 1.54) is 24.0 Å². The van der Waals surface area contributed by atoms with Crippen molar-refractivity contribution in [2.75, 3.05) is 5.75 Å². The topological polar surface area (TPSA) is 79.3 Å². The smallest absolute Gasteiger partial charge is 0.337 e. The van der Waals surface area contributed by atoms with Crippen LogP contribution in [0.15, 0.2) is 23.4 Å². The number of nitrogens with one attached hydrogen (secondary N) is 1. The van der Waals surface area contributed by atoms with Gasteiger partial charge < -0.3 is 10.4 Å². The molecule has 1 amide bonds. The number of hydrogen-bond acceptors (Lipinski definition) is 4. The third-order valence-corrected chi connectivity index (χ3v) is 3.61. The second-order valence-corrected chi connectivity index (χ2v) is 4.84. The van der Waals surface area contributed by atoms with E-state index in [4.69, 9.17) is 5.11 Å². The number of thioether (sulfide) groups is 1. The van der Waals surface area contributed by atoms with E-state index >= 15 is 0 Å². The van der Waals surface area contributed by atoms with Crippen LogP contribution >= 0.6 is 11.8 Å². The number of nitrogens with zero attached hydrogens (tertiary/aromatic N) is 1. The number of amides is 1. The zero-order valence-corrected chi connectivity index (χ0v) is 9.87. The highest BCUT2D eigenvalue weighted by Gasteiger charge is 2.20. The first-order valence-corrected chi connectivity index (χ1v) is 6.25. The lowest BCUT2D eigenvalue weighted by atomic mass is 10.2. The van der Waals surface area contributed by atoms with Crippen LogP contribution < -0.4 is 5.32 Å². The summed E-state index contributed by atoms with van der Waals surface area (Å²) in [6.45, 7) is 0. The molecule has 1 aromatic heterocycles. The number of pyridine rings is 1. The van der Waals surface area contributed by atoms with Gasteiger partial charge in [0.15, 0.2) is 0 Å². The maximum absolute atomic E-state index is 11.0. The first-order valence-electron chi connectivity index (χ1n) is 5.26. The fraction of sp³-hybridized carbons (Fsp3) is 0.364. The predicted octanol–water partition coefficient (Wildman–Crippen LogP) is 1.15. The predicted molar refractivity (Wildman–Crippen MR) is 63.1 cm³/mol. The molecule has 1 saturated heterocycles. The van der Waals surface area contributed by atoms with Crippen LogP contribution in [0.4, 0.5) is 0 Å². The van der Waals surface area contributed by atoms with Crippen LogP contribution in [0.2, 0.25) is 0 Å². The van der Waals surface area contributed by atoms with Crippen molar-refractivity contribution in [1.82, 2.24) is 10.3 Å². The Bertz CT molecular complexity index is 433. The van der Waals surface area contributed by atoms with Crippen molar-refractivity contribution >= 4 is 23.6 Å². The van der Waals surface area contributed by atoms with Crippen LogP contribution in [-0.2, 0) is 4.79 Å². The average Bonchev–Trinajstić information content (AvgIpc) is 2.73. The van der Waals surface area contributed by atoms with Crippen LogP contribution in [0, 0.1) is 0 Å². The van der Waals surface area contributed by atoms with E-state index < -0.39 is 5.97 Å². The number of hydrogen-bond donors (Lipinski definition) is 2. The standard InChI is InChI=1S/C11H12N2O3S/c14-9-3-2-8(13-9)6-17-10-4-1-7(5-12-10)11(15)16/h1,4-5,8H,2-3,6H2,(H,13,14)(H,15,16). The van der Waals surface area contributed by atoms with Crippen LogP contribution in [0.25, 0.3) is 0 Å². The van der Waals surface area contributed by atoms with Gasteiger partial charge in [-0.25, -0.2) is 9.78 Å². The molecular weight excluding hydrogens is 240 g/mol. The maximum atomic E-state index is 11.0. The number of carboxylic acids is 1. The molecular formula is C11H12N2O3S. The molecule has 0 bridgehead atoms. The molecule has 1 aliphatic heterocycles. The lowest BCUT2D eigenvalue weighted by Crippen LogP contribution is -2.27. The molecule has 0 saturated carbocycles. The van der Waals surface area contributed by atoms with Crippen molar-refractivity contribution in [1.29, 1.82) is 0 Å². The van der Waals surface area contributed by atoms with E-state index in [9.17, 15) is 9.59 Å².